The second kappa shape index (κ2) is 3.94. The van der Waals surface area contributed by atoms with Crippen molar-refractivity contribution in [2.24, 2.45) is 0 Å². The molecule has 0 amide bonds. The second-order valence-electron chi connectivity index (χ2n) is 2.32. The Morgan fingerprint density at radius 1 is 1.62 bits per heavy atom. The van der Waals surface area contributed by atoms with Crippen molar-refractivity contribution in [1.29, 1.82) is 0 Å². The number of rotatable bonds is 2. The second-order valence-corrected chi connectivity index (χ2v) is 5.69. The lowest BCUT2D eigenvalue weighted by Crippen LogP contribution is -2.06. The van der Waals surface area contributed by atoms with Crippen LogP contribution in [0.15, 0.2) is 21.8 Å². The van der Waals surface area contributed by atoms with E-state index in [0.29, 0.717) is 0 Å². The highest BCUT2D eigenvalue weighted by molar-refractivity contribution is 9.10. The van der Waals surface area contributed by atoms with Crippen LogP contribution in [0.4, 0.5) is 0 Å². The van der Waals surface area contributed by atoms with Crippen molar-refractivity contribution < 1.29 is 8.42 Å². The van der Waals surface area contributed by atoms with Gasteiger partial charge in [-0.05, 0) is 22.0 Å². The van der Waals surface area contributed by atoms with Crippen LogP contribution in [0, 0.1) is 0 Å². The van der Waals surface area contributed by atoms with Gasteiger partial charge in [0.05, 0.1) is 10.8 Å². The largest absolute Gasteiger partial charge is 0.248 e. The summed E-state index contributed by atoms with van der Waals surface area (Å²) in [7, 11) is -3.30. The Labute approximate surface area is 90.2 Å². The molecule has 0 fully saturated rings. The van der Waals surface area contributed by atoms with Gasteiger partial charge in [0.2, 0.25) is 0 Å². The molecule has 6 heteroatoms. The molecule has 0 aliphatic rings. The fourth-order valence-electron chi connectivity index (χ4n) is 0.822. The summed E-state index contributed by atoms with van der Waals surface area (Å²) in [5, 5.41) is 0.198. The summed E-state index contributed by atoms with van der Waals surface area (Å²) in [6, 6.07) is 1.45. The topological polar surface area (TPSA) is 47.0 Å². The highest BCUT2D eigenvalue weighted by atomic mass is 79.9. The van der Waals surface area contributed by atoms with Crippen LogP contribution in [0.1, 0.15) is 6.92 Å². The minimum atomic E-state index is -3.30. The molecule has 0 aromatic carbocycles. The predicted molar refractivity (Wildman–Crippen MR) is 54.7 cm³/mol. The molecule has 1 aromatic heterocycles. The first-order chi connectivity index (χ1) is 5.99. The van der Waals surface area contributed by atoms with Gasteiger partial charge in [0.1, 0.15) is 9.50 Å². The van der Waals surface area contributed by atoms with Crippen molar-refractivity contribution in [3.05, 3.63) is 21.9 Å². The number of aromatic nitrogens is 1. The van der Waals surface area contributed by atoms with E-state index in [1.165, 1.54) is 12.3 Å². The Morgan fingerprint density at radius 2 is 2.23 bits per heavy atom. The highest BCUT2D eigenvalue weighted by Crippen LogP contribution is 2.27. The number of hydrogen-bond donors (Lipinski definition) is 0. The Kier molecular flexibility index (Phi) is 3.32. The van der Waals surface area contributed by atoms with E-state index < -0.39 is 9.84 Å². The summed E-state index contributed by atoms with van der Waals surface area (Å²) < 4.78 is 23.2. The molecule has 0 unspecified atom stereocenters. The van der Waals surface area contributed by atoms with Crippen LogP contribution >= 0.6 is 27.5 Å². The number of pyridine rings is 1. The van der Waals surface area contributed by atoms with Crippen molar-refractivity contribution in [3.63, 3.8) is 0 Å². The van der Waals surface area contributed by atoms with Gasteiger partial charge in [-0.15, -0.1) is 0 Å². The Bertz CT molecular complexity index is 398. The van der Waals surface area contributed by atoms with E-state index in [-0.39, 0.29) is 20.3 Å². The average Bonchev–Trinajstić information content (AvgIpc) is 2.03. The van der Waals surface area contributed by atoms with Crippen molar-refractivity contribution in [1.82, 2.24) is 4.98 Å². The summed E-state index contributed by atoms with van der Waals surface area (Å²) in [6.45, 7) is 1.56. The summed E-state index contributed by atoms with van der Waals surface area (Å²) >= 11 is 8.79. The quantitative estimate of drug-likeness (QED) is 0.783. The maximum atomic E-state index is 11.5. The lowest BCUT2D eigenvalue weighted by Gasteiger charge is -2.04. The summed E-state index contributed by atoms with van der Waals surface area (Å²) in [4.78, 5) is 3.88. The number of sulfone groups is 1. The third-order valence-corrected chi connectivity index (χ3v) is 4.59. The lowest BCUT2D eigenvalue weighted by atomic mass is 10.5. The molecule has 3 nitrogen and oxygen atoms in total. The summed E-state index contributed by atoms with van der Waals surface area (Å²) in [6.07, 6.45) is 1.45. The maximum absolute atomic E-state index is 11.5. The van der Waals surface area contributed by atoms with Crippen LogP contribution in [-0.4, -0.2) is 19.2 Å². The van der Waals surface area contributed by atoms with Gasteiger partial charge in [0, 0.05) is 6.20 Å². The predicted octanol–water partition coefficient (Wildman–Crippen LogP) is 2.29. The minimum absolute atomic E-state index is 0.0109. The molecule has 13 heavy (non-hydrogen) atoms. The number of hydrogen-bond acceptors (Lipinski definition) is 3. The third-order valence-electron chi connectivity index (χ3n) is 1.50. The van der Waals surface area contributed by atoms with Crippen LogP contribution in [0.5, 0.6) is 0 Å². The van der Waals surface area contributed by atoms with Crippen molar-refractivity contribution in [2.75, 3.05) is 5.75 Å². The molecule has 0 saturated carbocycles. The number of nitrogens with zero attached hydrogens (tertiary/aromatic N) is 1. The van der Waals surface area contributed by atoms with Gasteiger partial charge in [-0.3, -0.25) is 0 Å². The Hall–Kier alpha value is -0.130. The van der Waals surface area contributed by atoms with Crippen LogP contribution in [0.3, 0.4) is 0 Å². The molecule has 0 bridgehead atoms. The first-order valence-corrected chi connectivity index (χ1v) is 6.34. The van der Waals surface area contributed by atoms with Gasteiger partial charge in [-0.2, -0.15) is 0 Å². The van der Waals surface area contributed by atoms with Crippen LogP contribution in [0.2, 0.25) is 5.02 Å². The van der Waals surface area contributed by atoms with E-state index in [2.05, 4.69) is 20.9 Å². The summed E-state index contributed by atoms with van der Waals surface area (Å²) in [5.74, 6) is 0.0109. The Balaban J connectivity index is 3.46. The molecule has 0 atom stereocenters. The van der Waals surface area contributed by atoms with E-state index in [4.69, 9.17) is 11.6 Å². The summed E-state index contributed by atoms with van der Waals surface area (Å²) in [5.41, 5.74) is 0. The maximum Gasteiger partial charge on any atom is 0.182 e. The van der Waals surface area contributed by atoms with Crippen molar-refractivity contribution in [3.8, 4) is 0 Å². The zero-order valence-corrected chi connectivity index (χ0v) is 9.95. The van der Waals surface area contributed by atoms with Crippen molar-refractivity contribution in [2.45, 2.75) is 11.8 Å². The molecular weight excluding hydrogens is 278 g/mol. The standard InChI is InChI=1S/C7H7BrClNO2S/c1-2-13(11,12)6-5(9)3-4-10-7(6)8/h3-4H,2H2,1H3. The first kappa shape index (κ1) is 10.9. The zero-order chi connectivity index (χ0) is 10.1. The third kappa shape index (κ3) is 2.21. The normalized spacial score (nSPS) is 11.6. The highest BCUT2D eigenvalue weighted by Gasteiger charge is 2.19. The van der Waals surface area contributed by atoms with Gasteiger partial charge in [-0.1, -0.05) is 18.5 Å². The molecule has 0 saturated heterocycles. The van der Waals surface area contributed by atoms with Crippen LogP contribution in [-0.2, 0) is 9.84 Å². The van der Waals surface area contributed by atoms with E-state index in [1.54, 1.807) is 6.92 Å². The lowest BCUT2D eigenvalue weighted by molar-refractivity contribution is 0.596. The van der Waals surface area contributed by atoms with Crippen LogP contribution in [0.25, 0.3) is 0 Å². The molecule has 72 valence electrons. The molecule has 0 aliphatic carbocycles. The van der Waals surface area contributed by atoms with Gasteiger partial charge < -0.3 is 0 Å². The zero-order valence-electron chi connectivity index (χ0n) is 6.79. The molecule has 0 radical (unpaired) electrons. The van der Waals surface area contributed by atoms with E-state index >= 15 is 0 Å². The average molecular weight is 285 g/mol. The SMILES string of the molecule is CCS(=O)(=O)c1c(Cl)ccnc1Br. The molecule has 1 heterocycles. The van der Waals surface area contributed by atoms with Gasteiger partial charge in [0.15, 0.2) is 9.84 Å². The molecule has 1 rings (SSSR count). The molecule has 1 aromatic rings. The first-order valence-electron chi connectivity index (χ1n) is 3.52. The molecular formula is C7H7BrClNO2S. The molecule has 0 N–H and O–H groups in total. The smallest absolute Gasteiger partial charge is 0.182 e. The number of halogens is 2. The Morgan fingerprint density at radius 3 is 2.69 bits per heavy atom. The fourth-order valence-corrected chi connectivity index (χ4v) is 3.47. The van der Waals surface area contributed by atoms with Gasteiger partial charge in [-0.25, -0.2) is 13.4 Å². The monoisotopic (exact) mass is 283 g/mol. The van der Waals surface area contributed by atoms with Crippen LogP contribution < -0.4 is 0 Å². The van der Waals surface area contributed by atoms with Crippen molar-refractivity contribution >= 4 is 37.4 Å². The van der Waals surface area contributed by atoms with E-state index in [1.807, 2.05) is 0 Å². The van der Waals surface area contributed by atoms with Gasteiger partial charge in [0.25, 0.3) is 0 Å². The van der Waals surface area contributed by atoms with E-state index in [0.717, 1.165) is 0 Å². The fraction of sp³-hybridized carbons (Fsp3) is 0.286. The molecule has 0 spiro atoms. The van der Waals surface area contributed by atoms with E-state index in [9.17, 15) is 8.42 Å². The molecule has 0 aliphatic heterocycles. The minimum Gasteiger partial charge on any atom is -0.248 e. The van der Waals surface area contributed by atoms with Gasteiger partial charge >= 0.3 is 0 Å².